The van der Waals surface area contributed by atoms with E-state index in [1.807, 2.05) is 18.2 Å². The lowest BCUT2D eigenvalue weighted by Crippen LogP contribution is -2.26. The normalized spacial score (nSPS) is 12.1. The van der Waals surface area contributed by atoms with Crippen LogP contribution in [0.1, 0.15) is 22.3 Å². The van der Waals surface area contributed by atoms with Gasteiger partial charge < -0.3 is 19.6 Å². The molecule has 0 bridgehead atoms. The number of hydrogen-bond acceptors (Lipinski definition) is 4. The van der Waals surface area contributed by atoms with Gasteiger partial charge in [0.2, 0.25) is 0 Å². The van der Waals surface area contributed by atoms with Gasteiger partial charge in [0.25, 0.3) is 0 Å². The minimum absolute atomic E-state index is 0.746. The van der Waals surface area contributed by atoms with Gasteiger partial charge >= 0.3 is 0 Å². The van der Waals surface area contributed by atoms with Crippen LogP contribution in [-0.2, 0) is 5.41 Å². The molecule has 0 radical (unpaired) electrons. The molecule has 0 aromatic heterocycles. The van der Waals surface area contributed by atoms with Crippen LogP contribution >= 0.6 is 0 Å². The average Bonchev–Trinajstić information content (AvgIpc) is 1.51. The Hall–Kier alpha value is -14.8. The molecule has 2 aliphatic rings. The molecule has 0 saturated carbocycles. The molecule has 4 heteroatoms. The standard InChI is InChI=1S/C109H78N4/c1-3-30-89(4-2)110(93-59-49-81(50-60-93)77-31-12-5-13-32-77)97-69-87(70-98(75-97)111(90-39-20-9-21-40-90)94-61-51-82(52-62-94)78-33-14-6-15-34-78)85-57-67-103-104-68-58-86(74-108(104)109(107(103)73-85)105-47-28-26-45-101(105)102-46-27-29-48-106(102)109)88-71-99(112(91-41-22-10-23-42-91)95-63-53-83(54-64-95)79-35-16-7-17-36-79)76-100(72-88)113(92-43-24-11-25-44-92)96-65-55-84(56-66-96)80-37-18-8-19-38-80/h3-76H,1-2H2/b89-30+. The Kier molecular flexibility index (Phi) is 18.2. The van der Waals surface area contributed by atoms with Crippen LogP contribution < -0.4 is 19.6 Å². The zero-order chi connectivity index (χ0) is 75.6. The lowest BCUT2D eigenvalue weighted by atomic mass is 9.70. The minimum atomic E-state index is -0.746. The van der Waals surface area contributed by atoms with E-state index >= 15 is 0 Å². The average molecular weight is 1440 g/mol. The van der Waals surface area contributed by atoms with Crippen molar-refractivity contribution < 1.29 is 0 Å². The van der Waals surface area contributed by atoms with Crippen molar-refractivity contribution in [3.8, 4) is 89.0 Å². The maximum atomic E-state index is 4.47. The van der Waals surface area contributed by atoms with E-state index in [4.69, 9.17) is 0 Å². The van der Waals surface area contributed by atoms with Gasteiger partial charge in [-0.15, -0.1) is 0 Å². The fourth-order valence-electron chi connectivity index (χ4n) is 17.1. The topological polar surface area (TPSA) is 13.0 Å². The summed E-state index contributed by atoms with van der Waals surface area (Å²) < 4.78 is 0. The summed E-state index contributed by atoms with van der Waals surface area (Å²) in [6, 6.07) is 158. The molecule has 0 heterocycles. The van der Waals surface area contributed by atoms with Crippen LogP contribution in [0.25, 0.3) is 89.0 Å². The molecule has 4 nitrogen and oxygen atoms in total. The summed E-state index contributed by atoms with van der Waals surface area (Å²) in [6.07, 6.45) is 5.83. The Labute approximate surface area is 662 Å². The smallest absolute Gasteiger partial charge is 0.0725 e. The molecule has 0 fully saturated rings. The first kappa shape index (κ1) is 68.7. The van der Waals surface area contributed by atoms with Gasteiger partial charge in [0.05, 0.1) is 5.41 Å². The lowest BCUT2D eigenvalue weighted by Gasteiger charge is -2.32. The number of rotatable bonds is 20. The molecular weight excluding hydrogens is 1370 g/mol. The Morgan fingerprint density at radius 2 is 0.451 bits per heavy atom. The third kappa shape index (κ3) is 12.8. The fraction of sp³-hybridized carbons (Fsp3) is 0.00917. The predicted octanol–water partition coefficient (Wildman–Crippen LogP) is 29.8. The highest BCUT2D eigenvalue weighted by Crippen LogP contribution is 2.64. The van der Waals surface area contributed by atoms with Crippen LogP contribution in [0.15, 0.2) is 468 Å². The van der Waals surface area contributed by atoms with Gasteiger partial charge in [0.1, 0.15) is 0 Å². The molecule has 0 amide bonds. The molecule has 0 atom stereocenters. The zero-order valence-corrected chi connectivity index (χ0v) is 62.4. The number of nitrogens with zero attached hydrogens (tertiary/aromatic N) is 4. The van der Waals surface area contributed by atoms with Gasteiger partial charge in [-0.25, -0.2) is 0 Å². The summed E-state index contributed by atoms with van der Waals surface area (Å²) in [5.74, 6) is 0. The second-order valence-corrected chi connectivity index (χ2v) is 28.9. The molecule has 534 valence electrons. The molecule has 0 saturated heterocycles. The van der Waals surface area contributed by atoms with E-state index in [0.717, 1.165) is 124 Å². The van der Waals surface area contributed by atoms with Gasteiger partial charge in [-0.05, 0) is 257 Å². The Morgan fingerprint density at radius 3 is 0.779 bits per heavy atom. The first-order valence-corrected chi connectivity index (χ1v) is 38.7. The second-order valence-electron chi connectivity index (χ2n) is 28.9. The van der Waals surface area contributed by atoms with Gasteiger partial charge in [-0.1, -0.05) is 316 Å². The highest BCUT2D eigenvalue weighted by molar-refractivity contribution is 5.99. The molecule has 17 aromatic rings. The van der Waals surface area contributed by atoms with Crippen molar-refractivity contribution in [3.63, 3.8) is 0 Å². The summed E-state index contributed by atoms with van der Waals surface area (Å²) >= 11 is 0. The minimum Gasteiger partial charge on any atom is -0.310 e. The summed E-state index contributed by atoms with van der Waals surface area (Å²) in [4.78, 5) is 9.53. The van der Waals surface area contributed by atoms with Crippen molar-refractivity contribution in [2.24, 2.45) is 0 Å². The Balaban J connectivity index is 0.822. The lowest BCUT2D eigenvalue weighted by molar-refractivity contribution is 0.794. The van der Waals surface area contributed by atoms with Crippen molar-refractivity contribution in [1.82, 2.24) is 0 Å². The number of benzene rings is 17. The first-order chi connectivity index (χ1) is 55.9. The molecule has 17 aromatic carbocycles. The largest absolute Gasteiger partial charge is 0.310 e. The highest BCUT2D eigenvalue weighted by atomic mass is 15.2. The summed E-state index contributed by atoms with van der Waals surface area (Å²) in [5, 5.41) is 0. The molecule has 113 heavy (non-hydrogen) atoms. The van der Waals surface area contributed by atoms with Crippen LogP contribution in [0, 0.1) is 0 Å². The van der Waals surface area contributed by atoms with Crippen molar-refractivity contribution in [2.75, 3.05) is 19.6 Å². The zero-order valence-electron chi connectivity index (χ0n) is 62.4. The van der Waals surface area contributed by atoms with Crippen LogP contribution in [0.3, 0.4) is 0 Å². The number of hydrogen-bond donors (Lipinski definition) is 0. The summed E-state index contributed by atoms with van der Waals surface area (Å²) in [6.45, 7) is 8.73. The van der Waals surface area contributed by atoms with Crippen molar-refractivity contribution in [2.45, 2.75) is 5.41 Å². The van der Waals surface area contributed by atoms with Gasteiger partial charge in [-0.3, -0.25) is 0 Å². The van der Waals surface area contributed by atoms with Crippen LogP contribution in [0.4, 0.5) is 62.6 Å². The first-order valence-electron chi connectivity index (χ1n) is 38.7. The maximum absolute atomic E-state index is 4.47. The highest BCUT2D eigenvalue weighted by Gasteiger charge is 2.52. The van der Waals surface area contributed by atoms with E-state index in [0.29, 0.717) is 0 Å². The SMILES string of the molecule is C=C/C=C(\C=C)N(c1ccc(-c2ccccc2)cc1)c1cc(-c2ccc3c(c2)C2(c4ccccc4-c4ccccc42)c2cc(-c4cc(N(c5ccccc5)c5ccc(-c6ccccc6)cc5)cc(N(c5ccccc5)c5ccc(-c6ccccc6)cc5)c4)ccc2-3)cc(N(c2ccccc2)c2ccc(-c3ccccc3)cc2)c1. The number of allylic oxidation sites excluding steroid dienone is 3. The second kappa shape index (κ2) is 30.0. The molecule has 1 spiro atoms. The van der Waals surface area contributed by atoms with E-state index in [2.05, 4.69) is 463 Å². The fourth-order valence-corrected chi connectivity index (χ4v) is 17.1. The monoisotopic (exact) mass is 1440 g/mol. The van der Waals surface area contributed by atoms with Crippen LogP contribution in [-0.4, -0.2) is 0 Å². The van der Waals surface area contributed by atoms with Crippen molar-refractivity contribution in [1.29, 1.82) is 0 Å². The Bertz CT molecular complexity index is 6150. The van der Waals surface area contributed by atoms with Crippen LogP contribution in [0.5, 0.6) is 0 Å². The van der Waals surface area contributed by atoms with E-state index < -0.39 is 5.41 Å². The molecule has 19 rings (SSSR count). The third-order valence-corrected chi connectivity index (χ3v) is 22.3. The van der Waals surface area contributed by atoms with E-state index in [1.165, 1.54) is 55.6 Å². The van der Waals surface area contributed by atoms with E-state index in [1.54, 1.807) is 0 Å². The summed E-state index contributed by atoms with van der Waals surface area (Å²) in [5.41, 5.74) is 34.7. The third-order valence-electron chi connectivity index (χ3n) is 22.3. The molecule has 2 aliphatic carbocycles. The van der Waals surface area contributed by atoms with Crippen molar-refractivity contribution in [3.05, 3.63) is 490 Å². The van der Waals surface area contributed by atoms with Gasteiger partial charge in [-0.2, -0.15) is 0 Å². The van der Waals surface area contributed by atoms with Gasteiger partial charge in [0.15, 0.2) is 0 Å². The summed E-state index contributed by atoms with van der Waals surface area (Å²) in [7, 11) is 0. The van der Waals surface area contributed by atoms with Crippen molar-refractivity contribution >= 4 is 62.6 Å². The number of fused-ring (bicyclic) bond motifs is 10. The van der Waals surface area contributed by atoms with E-state index in [9.17, 15) is 0 Å². The Morgan fingerprint density at radius 1 is 0.195 bits per heavy atom. The van der Waals surface area contributed by atoms with Crippen LogP contribution in [0.2, 0.25) is 0 Å². The van der Waals surface area contributed by atoms with E-state index in [-0.39, 0.29) is 0 Å². The quantitative estimate of drug-likeness (QED) is 0.0705. The molecular formula is C109H78N4. The number of para-hydroxylation sites is 3. The van der Waals surface area contributed by atoms with Gasteiger partial charge in [0, 0.05) is 68.3 Å². The molecule has 0 aliphatic heterocycles. The molecule has 0 unspecified atom stereocenters. The maximum Gasteiger partial charge on any atom is 0.0725 e. The molecule has 0 N–H and O–H groups in total. The number of anilines is 11. The predicted molar refractivity (Wildman–Crippen MR) is 476 cm³/mol.